The van der Waals surface area contributed by atoms with E-state index in [2.05, 4.69) is 10.6 Å². The van der Waals surface area contributed by atoms with Gasteiger partial charge in [0, 0.05) is 33.4 Å². The van der Waals surface area contributed by atoms with Crippen LogP contribution >= 0.6 is 34.5 Å². The number of fused-ring (bicyclic) bond motifs is 1. The monoisotopic (exact) mass is 485 g/mol. The van der Waals surface area contributed by atoms with Gasteiger partial charge in [-0.1, -0.05) is 41.4 Å². The SMILES string of the molecule is O=C(Nc1ccc(NC(=O)c2sc3c([N+](=O)[O-])cccc3c2Cl)cc1)c1cccc(Cl)c1. The lowest BCUT2D eigenvalue weighted by Crippen LogP contribution is -2.12. The Labute approximate surface area is 195 Å². The molecule has 0 unspecified atom stereocenters. The summed E-state index contributed by atoms with van der Waals surface area (Å²) < 4.78 is 0.340. The van der Waals surface area contributed by atoms with E-state index in [-0.39, 0.29) is 21.5 Å². The lowest BCUT2D eigenvalue weighted by molar-refractivity contribution is -0.382. The highest BCUT2D eigenvalue weighted by Crippen LogP contribution is 2.40. The first-order chi connectivity index (χ1) is 15.3. The molecule has 3 aromatic carbocycles. The van der Waals surface area contributed by atoms with Crippen LogP contribution < -0.4 is 10.6 Å². The Balaban J connectivity index is 1.50. The number of anilines is 2. The largest absolute Gasteiger partial charge is 0.322 e. The molecule has 0 spiro atoms. The van der Waals surface area contributed by atoms with Gasteiger partial charge in [-0.05, 0) is 42.5 Å². The zero-order valence-electron chi connectivity index (χ0n) is 16.1. The van der Waals surface area contributed by atoms with Gasteiger partial charge < -0.3 is 10.6 Å². The van der Waals surface area contributed by atoms with Gasteiger partial charge in [-0.3, -0.25) is 19.7 Å². The molecule has 0 radical (unpaired) electrons. The quantitative estimate of drug-likeness (QED) is 0.245. The van der Waals surface area contributed by atoms with E-state index < -0.39 is 10.8 Å². The van der Waals surface area contributed by atoms with Gasteiger partial charge >= 0.3 is 0 Å². The van der Waals surface area contributed by atoms with Gasteiger partial charge in [0.2, 0.25) is 0 Å². The summed E-state index contributed by atoms with van der Waals surface area (Å²) in [5.74, 6) is -0.802. The molecule has 0 saturated heterocycles. The molecule has 0 aliphatic rings. The van der Waals surface area contributed by atoms with Crippen molar-refractivity contribution in [2.75, 3.05) is 10.6 Å². The molecule has 2 amide bonds. The zero-order valence-corrected chi connectivity index (χ0v) is 18.4. The Morgan fingerprint density at radius 1 is 0.875 bits per heavy atom. The van der Waals surface area contributed by atoms with Crippen LogP contribution in [0, 0.1) is 10.1 Å². The molecule has 1 aromatic heterocycles. The average molecular weight is 486 g/mol. The fourth-order valence-electron chi connectivity index (χ4n) is 3.02. The summed E-state index contributed by atoms with van der Waals surface area (Å²) >= 11 is 13.2. The van der Waals surface area contributed by atoms with Crippen LogP contribution in [0.1, 0.15) is 20.0 Å². The average Bonchev–Trinajstić information content (AvgIpc) is 3.12. The van der Waals surface area contributed by atoms with E-state index in [0.29, 0.717) is 32.0 Å². The molecule has 0 fully saturated rings. The Morgan fingerprint density at radius 2 is 1.50 bits per heavy atom. The Kier molecular flexibility index (Phi) is 6.09. The molecular formula is C22H13Cl2N3O4S. The van der Waals surface area contributed by atoms with E-state index in [1.807, 2.05) is 0 Å². The minimum Gasteiger partial charge on any atom is -0.322 e. The molecule has 7 nitrogen and oxygen atoms in total. The van der Waals surface area contributed by atoms with Crippen LogP contribution in [0.4, 0.5) is 17.1 Å². The molecule has 1 heterocycles. The fraction of sp³-hybridized carbons (Fsp3) is 0. The number of non-ortho nitro benzene ring substituents is 1. The molecule has 2 N–H and O–H groups in total. The summed E-state index contributed by atoms with van der Waals surface area (Å²) in [5.41, 5.74) is 1.32. The van der Waals surface area contributed by atoms with Gasteiger partial charge in [0.1, 0.15) is 9.58 Å². The van der Waals surface area contributed by atoms with E-state index in [9.17, 15) is 19.7 Å². The molecule has 4 rings (SSSR count). The van der Waals surface area contributed by atoms with Gasteiger partial charge in [0.05, 0.1) is 9.95 Å². The van der Waals surface area contributed by atoms with Crippen molar-refractivity contribution in [3.05, 3.63) is 97.3 Å². The van der Waals surface area contributed by atoms with Crippen LogP contribution in [0.25, 0.3) is 10.1 Å². The van der Waals surface area contributed by atoms with Crippen LogP contribution in [0.5, 0.6) is 0 Å². The van der Waals surface area contributed by atoms with Crippen molar-refractivity contribution < 1.29 is 14.5 Å². The lowest BCUT2D eigenvalue weighted by Gasteiger charge is -2.08. The number of carbonyl (C=O) groups is 2. The van der Waals surface area contributed by atoms with Crippen molar-refractivity contribution in [3.8, 4) is 0 Å². The number of thiophene rings is 1. The Hall–Kier alpha value is -3.46. The van der Waals surface area contributed by atoms with E-state index in [1.54, 1.807) is 54.6 Å². The molecule has 0 saturated carbocycles. The molecule has 0 atom stereocenters. The second-order valence-corrected chi connectivity index (χ2v) is 8.49. The third-order valence-electron chi connectivity index (χ3n) is 4.52. The highest BCUT2D eigenvalue weighted by molar-refractivity contribution is 7.22. The molecule has 160 valence electrons. The maximum atomic E-state index is 12.7. The standard InChI is InChI=1S/C22H13Cl2N3O4S/c23-13-4-1-3-12(11-13)21(28)25-14-7-9-15(10-8-14)26-22(29)20-18(24)16-5-2-6-17(27(30)31)19(16)32-20/h1-11H,(H,25,28)(H,26,29). The fourth-order valence-corrected chi connectivity index (χ4v) is 4.70. The van der Waals surface area contributed by atoms with Crippen molar-refractivity contribution in [3.63, 3.8) is 0 Å². The van der Waals surface area contributed by atoms with E-state index >= 15 is 0 Å². The predicted molar refractivity (Wildman–Crippen MR) is 127 cm³/mol. The van der Waals surface area contributed by atoms with Gasteiger partial charge in [0.25, 0.3) is 17.5 Å². The summed E-state index contributed by atoms with van der Waals surface area (Å²) in [6.07, 6.45) is 0. The van der Waals surface area contributed by atoms with Crippen LogP contribution in [0.3, 0.4) is 0 Å². The summed E-state index contributed by atoms with van der Waals surface area (Å²) in [4.78, 5) is 36.0. The number of nitrogens with one attached hydrogen (secondary N) is 2. The van der Waals surface area contributed by atoms with E-state index in [0.717, 1.165) is 11.3 Å². The first-order valence-corrected chi connectivity index (χ1v) is 10.7. The second-order valence-electron chi connectivity index (χ2n) is 6.65. The van der Waals surface area contributed by atoms with Gasteiger partial charge in [-0.25, -0.2) is 0 Å². The van der Waals surface area contributed by atoms with E-state index in [1.165, 1.54) is 12.1 Å². The molecule has 0 bridgehead atoms. The topological polar surface area (TPSA) is 101 Å². The number of carbonyl (C=O) groups excluding carboxylic acids is 2. The maximum Gasteiger partial charge on any atom is 0.287 e. The number of benzene rings is 3. The number of nitro benzene ring substituents is 1. The number of nitro groups is 1. The molecule has 10 heteroatoms. The number of hydrogen-bond acceptors (Lipinski definition) is 5. The predicted octanol–water partition coefficient (Wildman–Crippen LogP) is 6.62. The lowest BCUT2D eigenvalue weighted by atomic mass is 10.2. The maximum absolute atomic E-state index is 12.7. The third kappa shape index (κ3) is 4.43. The van der Waals surface area contributed by atoms with Crippen molar-refractivity contribution in [1.82, 2.24) is 0 Å². The molecule has 0 aliphatic carbocycles. The van der Waals surface area contributed by atoms with Crippen molar-refractivity contribution >= 4 is 73.5 Å². The molecule has 0 aliphatic heterocycles. The van der Waals surface area contributed by atoms with Crippen molar-refractivity contribution in [2.24, 2.45) is 0 Å². The smallest absolute Gasteiger partial charge is 0.287 e. The first-order valence-electron chi connectivity index (χ1n) is 9.17. The van der Waals surface area contributed by atoms with Crippen LogP contribution in [0.2, 0.25) is 10.0 Å². The molecular weight excluding hydrogens is 473 g/mol. The second kappa shape index (κ2) is 8.96. The number of nitrogens with zero attached hydrogens (tertiary/aromatic N) is 1. The summed E-state index contributed by atoms with van der Waals surface area (Å²) in [5, 5.41) is 17.8. The third-order valence-corrected chi connectivity index (χ3v) is 6.49. The minimum absolute atomic E-state index is 0.103. The van der Waals surface area contributed by atoms with Gasteiger partial charge in [-0.2, -0.15) is 0 Å². The summed E-state index contributed by atoms with van der Waals surface area (Å²) in [7, 11) is 0. The number of halogens is 2. The number of hydrogen-bond donors (Lipinski definition) is 2. The highest BCUT2D eigenvalue weighted by atomic mass is 35.5. The zero-order chi connectivity index (χ0) is 22.8. The van der Waals surface area contributed by atoms with Crippen molar-refractivity contribution in [2.45, 2.75) is 0 Å². The van der Waals surface area contributed by atoms with Crippen LogP contribution in [0.15, 0.2) is 66.7 Å². The minimum atomic E-state index is -0.507. The normalized spacial score (nSPS) is 10.7. The highest BCUT2D eigenvalue weighted by Gasteiger charge is 2.22. The molecule has 32 heavy (non-hydrogen) atoms. The first kappa shape index (κ1) is 21.8. The van der Waals surface area contributed by atoms with Gasteiger partial charge in [-0.15, -0.1) is 11.3 Å². The van der Waals surface area contributed by atoms with Crippen LogP contribution in [-0.4, -0.2) is 16.7 Å². The number of amides is 2. The molecule has 4 aromatic rings. The van der Waals surface area contributed by atoms with Gasteiger partial charge in [0.15, 0.2) is 0 Å². The Bertz CT molecular complexity index is 1370. The number of rotatable bonds is 5. The van der Waals surface area contributed by atoms with E-state index in [4.69, 9.17) is 23.2 Å². The van der Waals surface area contributed by atoms with Crippen LogP contribution in [-0.2, 0) is 0 Å². The Morgan fingerprint density at radius 3 is 2.12 bits per heavy atom. The summed E-state index contributed by atoms with van der Waals surface area (Å²) in [6.45, 7) is 0. The van der Waals surface area contributed by atoms with Crippen molar-refractivity contribution in [1.29, 1.82) is 0 Å². The summed E-state index contributed by atoms with van der Waals surface area (Å²) in [6, 6.07) is 17.6.